The number of thioether (sulfide) groups is 1. The predicted molar refractivity (Wildman–Crippen MR) is 144 cm³/mol. The van der Waals surface area contributed by atoms with E-state index in [1.807, 2.05) is 47.0 Å². The van der Waals surface area contributed by atoms with Gasteiger partial charge in [-0.1, -0.05) is 58.0 Å². The highest BCUT2D eigenvalue weighted by molar-refractivity contribution is 9.10. The average molecular weight is 587 g/mol. The first-order valence-corrected chi connectivity index (χ1v) is 14.2. The van der Waals surface area contributed by atoms with Crippen molar-refractivity contribution >= 4 is 43.6 Å². The molecule has 8 nitrogen and oxygen atoms in total. The molecule has 3 aromatic carbocycles. The van der Waals surface area contributed by atoms with Gasteiger partial charge in [0.25, 0.3) is 5.91 Å². The zero-order valence-corrected chi connectivity index (χ0v) is 22.8. The molecule has 0 saturated heterocycles. The molecule has 4 rings (SSSR count). The van der Waals surface area contributed by atoms with E-state index in [0.717, 1.165) is 20.0 Å². The smallest absolute Gasteiger partial charge is 0.251 e. The van der Waals surface area contributed by atoms with Gasteiger partial charge in [0.2, 0.25) is 10.0 Å². The predicted octanol–water partition coefficient (Wildman–Crippen LogP) is 4.50. The first-order chi connectivity index (χ1) is 17.3. The number of sulfonamides is 1. The molecule has 0 fully saturated rings. The van der Waals surface area contributed by atoms with Crippen molar-refractivity contribution in [3.63, 3.8) is 0 Å². The Morgan fingerprint density at radius 1 is 0.972 bits per heavy atom. The van der Waals surface area contributed by atoms with Crippen LogP contribution in [-0.4, -0.2) is 47.5 Å². The van der Waals surface area contributed by atoms with Gasteiger partial charge in [-0.2, -0.15) is 0 Å². The van der Waals surface area contributed by atoms with E-state index < -0.39 is 10.0 Å². The van der Waals surface area contributed by atoms with Crippen molar-refractivity contribution in [1.82, 2.24) is 24.4 Å². The summed E-state index contributed by atoms with van der Waals surface area (Å²) >= 11 is 5.01. The van der Waals surface area contributed by atoms with Gasteiger partial charge < -0.3 is 5.32 Å². The van der Waals surface area contributed by atoms with Crippen LogP contribution < -0.4 is 5.32 Å². The third-order valence-corrected chi connectivity index (χ3v) is 8.66. The minimum atomic E-state index is -3.56. The number of aromatic nitrogens is 3. The summed E-state index contributed by atoms with van der Waals surface area (Å²) < 4.78 is 28.6. The lowest BCUT2D eigenvalue weighted by molar-refractivity contribution is 0.0949. The maximum atomic E-state index is 12.8. The maximum absolute atomic E-state index is 12.8. The summed E-state index contributed by atoms with van der Waals surface area (Å²) in [6, 6.07) is 23.7. The third-order valence-electron chi connectivity index (χ3n) is 5.30. The number of hydrogen-bond acceptors (Lipinski definition) is 6. The Morgan fingerprint density at radius 3 is 2.28 bits per heavy atom. The molecule has 0 aliphatic heterocycles. The molecule has 36 heavy (non-hydrogen) atoms. The summed E-state index contributed by atoms with van der Waals surface area (Å²) in [5.74, 6) is 0.961. The van der Waals surface area contributed by atoms with Crippen molar-refractivity contribution in [2.75, 3.05) is 14.1 Å². The van der Waals surface area contributed by atoms with Crippen molar-refractivity contribution < 1.29 is 13.2 Å². The SMILES string of the molecule is CN(C)S(=O)(=O)c1ccc(C(=O)NCc2nnc(SCc3ccc(Br)cc3)n2-c2ccccc2)cc1. The summed E-state index contributed by atoms with van der Waals surface area (Å²) in [6.07, 6.45) is 0. The zero-order valence-electron chi connectivity index (χ0n) is 19.6. The molecule has 0 saturated carbocycles. The monoisotopic (exact) mass is 585 g/mol. The molecule has 4 aromatic rings. The number of rotatable bonds is 9. The fourth-order valence-corrected chi connectivity index (χ4v) is 5.42. The molecular weight excluding hydrogens is 562 g/mol. The molecule has 0 bridgehead atoms. The minimum Gasteiger partial charge on any atom is -0.345 e. The van der Waals surface area contributed by atoms with Crippen LogP contribution in [0.4, 0.5) is 0 Å². The van der Waals surface area contributed by atoms with Crippen molar-refractivity contribution in [3.05, 3.63) is 100 Å². The van der Waals surface area contributed by atoms with Gasteiger partial charge in [-0.05, 0) is 54.1 Å². The van der Waals surface area contributed by atoms with E-state index in [-0.39, 0.29) is 17.3 Å². The molecule has 11 heteroatoms. The van der Waals surface area contributed by atoms with E-state index in [0.29, 0.717) is 22.3 Å². The standard InChI is InChI=1S/C25H24BrN5O3S2/c1-30(2)36(33,34)22-14-10-19(11-15-22)24(32)27-16-23-28-29-25(31(23)21-6-4-3-5-7-21)35-17-18-8-12-20(26)13-9-18/h3-15H,16-17H2,1-2H3,(H,27,32). The highest BCUT2D eigenvalue weighted by Crippen LogP contribution is 2.26. The molecular formula is C25H24BrN5O3S2. The van der Waals surface area contributed by atoms with Crippen molar-refractivity contribution in [2.24, 2.45) is 0 Å². The first kappa shape index (κ1) is 26.1. The Morgan fingerprint density at radius 2 is 1.64 bits per heavy atom. The van der Waals surface area contributed by atoms with E-state index in [2.05, 4.69) is 43.6 Å². The van der Waals surface area contributed by atoms with Gasteiger partial charge in [0.15, 0.2) is 11.0 Å². The second-order valence-electron chi connectivity index (χ2n) is 7.98. The Kier molecular flexibility index (Phi) is 8.24. The van der Waals surface area contributed by atoms with Gasteiger partial charge in [0, 0.05) is 35.6 Å². The number of halogens is 1. The number of benzene rings is 3. The number of nitrogens with one attached hydrogen (secondary N) is 1. The second kappa shape index (κ2) is 11.4. The molecule has 0 atom stereocenters. The minimum absolute atomic E-state index is 0.125. The van der Waals surface area contributed by atoms with E-state index in [9.17, 15) is 13.2 Å². The van der Waals surface area contributed by atoms with Crippen LogP contribution in [-0.2, 0) is 22.3 Å². The lowest BCUT2D eigenvalue weighted by atomic mass is 10.2. The normalized spacial score (nSPS) is 11.6. The number of nitrogens with zero attached hydrogens (tertiary/aromatic N) is 4. The molecule has 1 amide bonds. The van der Waals surface area contributed by atoms with Gasteiger partial charge in [-0.25, -0.2) is 12.7 Å². The zero-order chi connectivity index (χ0) is 25.7. The highest BCUT2D eigenvalue weighted by Gasteiger charge is 2.19. The molecule has 0 spiro atoms. The largest absolute Gasteiger partial charge is 0.345 e. The van der Waals surface area contributed by atoms with Crippen molar-refractivity contribution in [2.45, 2.75) is 22.3 Å². The van der Waals surface area contributed by atoms with Crippen LogP contribution in [0.5, 0.6) is 0 Å². The molecule has 1 heterocycles. The Balaban J connectivity index is 1.50. The van der Waals surface area contributed by atoms with Gasteiger partial charge in [0.1, 0.15) is 0 Å². The van der Waals surface area contributed by atoms with Crippen LogP contribution >= 0.6 is 27.7 Å². The molecule has 1 aromatic heterocycles. The molecule has 0 radical (unpaired) electrons. The summed E-state index contributed by atoms with van der Waals surface area (Å²) in [6.45, 7) is 0.150. The van der Waals surface area contributed by atoms with Crippen molar-refractivity contribution in [3.8, 4) is 5.69 Å². The van der Waals surface area contributed by atoms with E-state index in [4.69, 9.17) is 0 Å². The van der Waals surface area contributed by atoms with Crippen LogP contribution in [0.1, 0.15) is 21.7 Å². The summed E-state index contributed by atoms with van der Waals surface area (Å²) in [7, 11) is -0.635. The highest BCUT2D eigenvalue weighted by atomic mass is 79.9. The Hall–Kier alpha value is -2.99. The molecule has 186 valence electrons. The van der Waals surface area contributed by atoms with Crippen LogP contribution in [0.15, 0.2) is 93.4 Å². The van der Waals surface area contributed by atoms with Gasteiger partial charge >= 0.3 is 0 Å². The number of para-hydroxylation sites is 1. The topological polar surface area (TPSA) is 97.2 Å². The van der Waals surface area contributed by atoms with Crippen LogP contribution in [0.2, 0.25) is 0 Å². The number of hydrogen-bond donors (Lipinski definition) is 1. The van der Waals surface area contributed by atoms with E-state index in [1.165, 1.54) is 38.4 Å². The summed E-state index contributed by atoms with van der Waals surface area (Å²) in [5, 5.41) is 12.3. The van der Waals surface area contributed by atoms with Crippen LogP contribution in [0.3, 0.4) is 0 Å². The lowest BCUT2D eigenvalue weighted by Gasteiger charge is -2.12. The molecule has 0 aliphatic carbocycles. The van der Waals surface area contributed by atoms with Gasteiger partial charge in [-0.15, -0.1) is 10.2 Å². The van der Waals surface area contributed by atoms with Gasteiger partial charge in [-0.3, -0.25) is 9.36 Å². The summed E-state index contributed by atoms with van der Waals surface area (Å²) in [5.41, 5.74) is 2.40. The van der Waals surface area contributed by atoms with E-state index >= 15 is 0 Å². The molecule has 1 N–H and O–H groups in total. The Bertz CT molecular complexity index is 1440. The lowest BCUT2D eigenvalue weighted by Crippen LogP contribution is -2.25. The molecule has 0 aliphatic rings. The number of carbonyl (C=O) groups is 1. The first-order valence-electron chi connectivity index (χ1n) is 10.9. The fraction of sp³-hybridized carbons (Fsp3) is 0.160. The fourth-order valence-electron chi connectivity index (χ4n) is 3.32. The average Bonchev–Trinajstić information content (AvgIpc) is 3.30. The van der Waals surface area contributed by atoms with Crippen LogP contribution in [0, 0.1) is 0 Å². The third kappa shape index (κ3) is 6.04. The number of carbonyl (C=O) groups excluding carboxylic acids is 1. The number of amides is 1. The van der Waals surface area contributed by atoms with Crippen molar-refractivity contribution in [1.29, 1.82) is 0 Å². The van der Waals surface area contributed by atoms with Gasteiger partial charge in [0.05, 0.1) is 11.4 Å². The summed E-state index contributed by atoms with van der Waals surface area (Å²) in [4.78, 5) is 12.9. The quantitative estimate of drug-likeness (QED) is 0.290. The maximum Gasteiger partial charge on any atom is 0.251 e. The Labute approximate surface area is 222 Å². The van der Waals surface area contributed by atoms with E-state index in [1.54, 1.807) is 11.8 Å². The second-order valence-corrected chi connectivity index (χ2v) is 12.0. The molecule has 0 unspecified atom stereocenters. The van der Waals surface area contributed by atoms with Crippen LogP contribution in [0.25, 0.3) is 5.69 Å².